The number of hydrogen-bond donors (Lipinski definition) is 3. The third-order valence-electron chi connectivity index (χ3n) is 0.876. The number of nitrogens with one attached hydrogen (secondary N) is 2. The van der Waals surface area contributed by atoms with Gasteiger partial charge < -0.3 is 21.1 Å². The summed E-state index contributed by atoms with van der Waals surface area (Å²) >= 11 is 0. The van der Waals surface area contributed by atoms with Gasteiger partial charge in [-0.25, -0.2) is 9.59 Å². The van der Waals surface area contributed by atoms with E-state index in [0.717, 1.165) is 6.08 Å². The van der Waals surface area contributed by atoms with Crippen LogP contribution in [0.3, 0.4) is 0 Å². The lowest BCUT2D eigenvalue weighted by Gasteiger charge is -2.04. The zero-order chi connectivity index (χ0) is 9.40. The van der Waals surface area contributed by atoms with Crippen molar-refractivity contribution in [2.24, 2.45) is 5.73 Å². The molecular weight excluding hydrogens is 162 g/mol. The van der Waals surface area contributed by atoms with Gasteiger partial charge in [0.2, 0.25) is 0 Å². The molecule has 0 aromatic rings. The molecule has 4 N–H and O–H groups in total. The van der Waals surface area contributed by atoms with E-state index in [0.29, 0.717) is 0 Å². The van der Waals surface area contributed by atoms with E-state index in [9.17, 15) is 9.59 Å². The Hall–Kier alpha value is -1.56. The van der Waals surface area contributed by atoms with Crippen LogP contribution in [0.2, 0.25) is 0 Å². The Bertz CT molecular complexity index is 181. The third-order valence-corrected chi connectivity index (χ3v) is 0.876. The van der Waals surface area contributed by atoms with E-state index in [1.165, 1.54) is 0 Å². The molecule has 6 heteroatoms. The Morgan fingerprint density at radius 1 is 1.50 bits per heavy atom. The third kappa shape index (κ3) is 5.24. The van der Waals surface area contributed by atoms with Crippen molar-refractivity contribution in [3.63, 3.8) is 0 Å². The average Bonchev–Trinajstić information content (AvgIpc) is 2.04. The molecule has 0 aliphatic heterocycles. The van der Waals surface area contributed by atoms with Gasteiger partial charge in [0.05, 0.1) is 6.67 Å². The van der Waals surface area contributed by atoms with Gasteiger partial charge in [0.1, 0.15) is 0 Å². The Labute approximate surface area is 69.8 Å². The molecule has 0 atom stereocenters. The molecular formula is C6H11N3O3. The summed E-state index contributed by atoms with van der Waals surface area (Å²) in [7, 11) is 0. The fraction of sp³-hybridized carbons (Fsp3) is 0.333. The molecule has 0 radical (unpaired) electrons. The maximum atomic E-state index is 10.6. The van der Waals surface area contributed by atoms with E-state index in [-0.39, 0.29) is 13.4 Å². The fourth-order valence-corrected chi connectivity index (χ4v) is 0.387. The molecule has 0 rings (SSSR count). The van der Waals surface area contributed by atoms with Gasteiger partial charge in [-0.3, -0.25) is 0 Å². The number of urea groups is 1. The Kier molecular flexibility index (Phi) is 5.37. The molecule has 0 aromatic carbocycles. The quantitative estimate of drug-likeness (QED) is 0.285. The molecule has 6 nitrogen and oxygen atoms in total. The van der Waals surface area contributed by atoms with Crippen molar-refractivity contribution in [2.45, 2.75) is 0 Å². The number of carbonyl (C=O) groups excluding carboxylic acids is 2. The summed E-state index contributed by atoms with van der Waals surface area (Å²) in [4.78, 5) is 21.0. The average molecular weight is 173 g/mol. The van der Waals surface area contributed by atoms with Crippen LogP contribution in [0.1, 0.15) is 0 Å². The topological polar surface area (TPSA) is 93.4 Å². The van der Waals surface area contributed by atoms with Crippen molar-refractivity contribution in [3.05, 3.63) is 12.7 Å². The predicted molar refractivity (Wildman–Crippen MR) is 41.9 cm³/mol. The summed E-state index contributed by atoms with van der Waals surface area (Å²) in [6.45, 7) is 3.00. The lowest BCUT2D eigenvalue weighted by Crippen LogP contribution is -2.39. The number of hydrogen-bond acceptors (Lipinski definition) is 4. The maximum absolute atomic E-state index is 10.6. The van der Waals surface area contributed by atoms with Gasteiger partial charge in [0.15, 0.2) is 6.73 Å². The predicted octanol–water partition coefficient (Wildman–Crippen LogP) is -1.11. The van der Waals surface area contributed by atoms with Crippen molar-refractivity contribution in [2.75, 3.05) is 13.4 Å². The highest BCUT2D eigenvalue weighted by molar-refractivity contribution is 5.81. The summed E-state index contributed by atoms with van der Waals surface area (Å²) in [5.74, 6) is -0.594. The smallest absolute Gasteiger partial charge is 0.331 e. The highest BCUT2D eigenvalue weighted by Gasteiger charge is 1.98. The summed E-state index contributed by atoms with van der Waals surface area (Å²) in [5.41, 5.74) is 4.99. The number of esters is 1. The normalized spacial score (nSPS) is 8.42. The van der Waals surface area contributed by atoms with Gasteiger partial charge >= 0.3 is 12.0 Å². The molecule has 0 fully saturated rings. The van der Waals surface area contributed by atoms with Crippen LogP contribution in [0.5, 0.6) is 0 Å². The summed E-state index contributed by atoms with van der Waals surface area (Å²) < 4.78 is 4.44. The molecule has 0 aromatic heterocycles. The summed E-state index contributed by atoms with van der Waals surface area (Å²) in [5, 5.41) is 4.48. The minimum absolute atomic E-state index is 0.0290. The van der Waals surface area contributed by atoms with Crippen LogP contribution in [-0.2, 0) is 9.53 Å². The first-order valence-electron chi connectivity index (χ1n) is 3.21. The highest BCUT2D eigenvalue weighted by Crippen LogP contribution is 1.75. The number of amides is 2. The SMILES string of the molecule is C=CC(=O)OCNC(=O)NCN. The van der Waals surface area contributed by atoms with Gasteiger partial charge in [0, 0.05) is 6.08 Å². The molecule has 68 valence electrons. The van der Waals surface area contributed by atoms with E-state index in [1.54, 1.807) is 0 Å². The van der Waals surface area contributed by atoms with Crippen LogP contribution < -0.4 is 16.4 Å². The lowest BCUT2D eigenvalue weighted by molar-refractivity contribution is -0.138. The van der Waals surface area contributed by atoms with E-state index >= 15 is 0 Å². The molecule has 0 aliphatic rings. The van der Waals surface area contributed by atoms with Crippen LogP contribution in [-0.4, -0.2) is 25.4 Å². The number of rotatable bonds is 4. The minimum atomic E-state index is -0.594. The molecule has 0 saturated carbocycles. The van der Waals surface area contributed by atoms with Crippen LogP contribution in [0.25, 0.3) is 0 Å². The minimum Gasteiger partial charge on any atom is -0.441 e. The first-order valence-corrected chi connectivity index (χ1v) is 3.21. The van der Waals surface area contributed by atoms with E-state index < -0.39 is 12.0 Å². The molecule has 0 aliphatic carbocycles. The Balaban J connectivity index is 3.36. The zero-order valence-electron chi connectivity index (χ0n) is 6.50. The largest absolute Gasteiger partial charge is 0.441 e. The molecule has 0 saturated heterocycles. The van der Waals surface area contributed by atoms with Crippen LogP contribution in [0.4, 0.5) is 4.79 Å². The van der Waals surface area contributed by atoms with Crippen molar-refractivity contribution < 1.29 is 14.3 Å². The molecule has 0 unspecified atom stereocenters. The molecule has 0 spiro atoms. The lowest BCUT2D eigenvalue weighted by atomic mass is 10.7. The first kappa shape index (κ1) is 10.4. The van der Waals surface area contributed by atoms with E-state index in [4.69, 9.17) is 5.73 Å². The molecule has 0 bridgehead atoms. The van der Waals surface area contributed by atoms with Crippen LogP contribution in [0.15, 0.2) is 12.7 Å². The second-order valence-electron chi connectivity index (χ2n) is 1.70. The van der Waals surface area contributed by atoms with Crippen LogP contribution >= 0.6 is 0 Å². The van der Waals surface area contributed by atoms with E-state index in [1.807, 2.05) is 0 Å². The summed E-state index contributed by atoms with van der Waals surface area (Å²) in [6, 6.07) is -0.491. The van der Waals surface area contributed by atoms with Crippen molar-refractivity contribution in [1.82, 2.24) is 10.6 Å². The number of carbonyl (C=O) groups is 2. The summed E-state index contributed by atoms with van der Waals surface area (Å²) in [6.07, 6.45) is 1.00. The highest BCUT2D eigenvalue weighted by atomic mass is 16.5. The standard InChI is InChI=1S/C6H11N3O3/c1-2-5(10)12-4-9-6(11)8-3-7/h2H,1,3-4,7H2,(H2,8,9,11). The Morgan fingerprint density at radius 2 is 2.17 bits per heavy atom. The van der Waals surface area contributed by atoms with Crippen LogP contribution in [0, 0.1) is 0 Å². The van der Waals surface area contributed by atoms with E-state index in [2.05, 4.69) is 21.9 Å². The van der Waals surface area contributed by atoms with Gasteiger partial charge in [-0.2, -0.15) is 0 Å². The van der Waals surface area contributed by atoms with Gasteiger partial charge in [-0.05, 0) is 0 Å². The second-order valence-corrected chi connectivity index (χ2v) is 1.70. The van der Waals surface area contributed by atoms with Gasteiger partial charge in [-0.1, -0.05) is 6.58 Å². The van der Waals surface area contributed by atoms with Crippen molar-refractivity contribution in [3.8, 4) is 0 Å². The first-order chi connectivity index (χ1) is 5.70. The van der Waals surface area contributed by atoms with Crippen molar-refractivity contribution in [1.29, 1.82) is 0 Å². The maximum Gasteiger partial charge on any atom is 0.331 e. The monoisotopic (exact) mass is 173 g/mol. The zero-order valence-corrected chi connectivity index (χ0v) is 6.50. The second kappa shape index (κ2) is 6.17. The molecule has 12 heavy (non-hydrogen) atoms. The number of nitrogens with two attached hydrogens (primary N) is 1. The van der Waals surface area contributed by atoms with Gasteiger partial charge in [-0.15, -0.1) is 0 Å². The fourth-order valence-electron chi connectivity index (χ4n) is 0.387. The number of ether oxygens (including phenoxy) is 1. The Morgan fingerprint density at radius 3 is 2.67 bits per heavy atom. The molecule has 0 heterocycles. The van der Waals surface area contributed by atoms with Gasteiger partial charge in [0.25, 0.3) is 0 Å². The molecule has 2 amide bonds. The van der Waals surface area contributed by atoms with Crippen molar-refractivity contribution >= 4 is 12.0 Å².